The molecule has 110 valence electrons. The van der Waals surface area contributed by atoms with Gasteiger partial charge in [0.25, 0.3) is 0 Å². The number of aromatic nitrogens is 1. The second-order valence-electron chi connectivity index (χ2n) is 4.85. The van der Waals surface area contributed by atoms with Crippen LogP contribution in [0, 0.1) is 13.8 Å². The molecule has 0 unspecified atom stereocenters. The number of carbonyl (C=O) groups excluding carboxylic acids is 1. The van der Waals surface area contributed by atoms with Gasteiger partial charge >= 0.3 is 0 Å². The van der Waals surface area contributed by atoms with Crippen LogP contribution in [0.15, 0.2) is 6.07 Å². The lowest BCUT2D eigenvalue weighted by Crippen LogP contribution is -2.37. The van der Waals surface area contributed by atoms with Gasteiger partial charge in [0.15, 0.2) is 0 Å². The van der Waals surface area contributed by atoms with Gasteiger partial charge in [-0.25, -0.2) is 4.98 Å². The second-order valence-corrected chi connectivity index (χ2v) is 5.29. The zero-order valence-electron chi connectivity index (χ0n) is 12.5. The number of aryl methyl sites for hydroxylation is 2. The minimum Gasteiger partial charge on any atom is -0.389 e. The van der Waals surface area contributed by atoms with E-state index in [1.807, 2.05) is 33.9 Å². The fourth-order valence-corrected chi connectivity index (χ4v) is 2.26. The van der Waals surface area contributed by atoms with Gasteiger partial charge < -0.3 is 16.0 Å². The predicted octanol–water partition coefficient (Wildman–Crippen LogP) is 1.30. The number of hydrogen-bond donors (Lipinski definition) is 2. The van der Waals surface area contributed by atoms with Crippen molar-refractivity contribution in [2.45, 2.75) is 27.2 Å². The molecule has 0 aliphatic heterocycles. The Morgan fingerprint density at radius 3 is 2.70 bits per heavy atom. The van der Waals surface area contributed by atoms with Crippen molar-refractivity contribution in [1.82, 2.24) is 10.3 Å². The van der Waals surface area contributed by atoms with Crippen LogP contribution in [0.4, 0.5) is 5.82 Å². The summed E-state index contributed by atoms with van der Waals surface area (Å²) in [6.07, 6.45) is 0.912. The first-order valence-electron chi connectivity index (χ1n) is 6.62. The molecule has 1 heterocycles. The molecule has 6 heteroatoms. The van der Waals surface area contributed by atoms with Gasteiger partial charge in [-0.2, -0.15) is 0 Å². The molecule has 0 bridgehead atoms. The smallest absolute Gasteiger partial charge is 0.239 e. The molecule has 0 saturated heterocycles. The van der Waals surface area contributed by atoms with E-state index in [9.17, 15) is 4.79 Å². The van der Waals surface area contributed by atoms with Crippen molar-refractivity contribution in [2.24, 2.45) is 5.73 Å². The molecule has 5 nitrogen and oxygen atoms in total. The molecule has 0 saturated carbocycles. The predicted molar refractivity (Wildman–Crippen MR) is 86.2 cm³/mol. The van der Waals surface area contributed by atoms with Crippen LogP contribution in [0.2, 0.25) is 0 Å². The summed E-state index contributed by atoms with van der Waals surface area (Å²) >= 11 is 5.09. The standard InChI is InChI=1S/C14H22N4OS/c1-5-6-16-11(19)8-18(4)14-12(13(15)20)9(2)7-10(3)17-14/h7H,5-6,8H2,1-4H3,(H2,15,20)(H,16,19). The lowest BCUT2D eigenvalue weighted by atomic mass is 10.1. The van der Waals surface area contributed by atoms with E-state index in [-0.39, 0.29) is 12.5 Å². The van der Waals surface area contributed by atoms with Crippen molar-refractivity contribution in [2.75, 3.05) is 25.0 Å². The van der Waals surface area contributed by atoms with Crippen LogP contribution in [0.5, 0.6) is 0 Å². The highest BCUT2D eigenvalue weighted by molar-refractivity contribution is 7.80. The third-order valence-electron chi connectivity index (χ3n) is 2.89. The maximum absolute atomic E-state index is 11.8. The molecule has 1 rings (SSSR count). The van der Waals surface area contributed by atoms with Crippen LogP contribution in [0.3, 0.4) is 0 Å². The van der Waals surface area contributed by atoms with Crippen LogP contribution >= 0.6 is 12.2 Å². The molecular weight excluding hydrogens is 272 g/mol. The Hall–Kier alpha value is -1.69. The molecular formula is C14H22N4OS. The Morgan fingerprint density at radius 2 is 2.15 bits per heavy atom. The Balaban J connectivity index is 3.00. The number of nitrogens with zero attached hydrogens (tertiary/aromatic N) is 2. The second kappa shape index (κ2) is 7.19. The maximum atomic E-state index is 11.8. The third-order valence-corrected chi connectivity index (χ3v) is 3.09. The molecule has 0 radical (unpaired) electrons. The summed E-state index contributed by atoms with van der Waals surface area (Å²) in [5.41, 5.74) is 8.36. The van der Waals surface area contributed by atoms with E-state index in [4.69, 9.17) is 18.0 Å². The molecule has 3 N–H and O–H groups in total. The molecule has 0 aliphatic rings. The lowest BCUT2D eigenvalue weighted by molar-refractivity contribution is -0.119. The van der Waals surface area contributed by atoms with Gasteiger partial charge in [0.05, 0.1) is 12.1 Å². The number of nitrogens with one attached hydrogen (secondary N) is 1. The van der Waals surface area contributed by atoms with Gasteiger partial charge in [0.2, 0.25) is 5.91 Å². The van der Waals surface area contributed by atoms with E-state index < -0.39 is 0 Å². The summed E-state index contributed by atoms with van der Waals surface area (Å²) in [5.74, 6) is 0.617. The van der Waals surface area contributed by atoms with Crippen LogP contribution in [0.1, 0.15) is 30.2 Å². The molecule has 0 aliphatic carbocycles. The van der Waals surface area contributed by atoms with Gasteiger partial charge in [-0.15, -0.1) is 0 Å². The first-order valence-corrected chi connectivity index (χ1v) is 7.03. The van der Waals surface area contributed by atoms with E-state index in [2.05, 4.69) is 10.3 Å². The van der Waals surface area contributed by atoms with Gasteiger partial charge in [-0.3, -0.25) is 4.79 Å². The van der Waals surface area contributed by atoms with E-state index >= 15 is 0 Å². The van der Waals surface area contributed by atoms with Gasteiger partial charge in [0, 0.05) is 19.3 Å². The minimum absolute atomic E-state index is 0.0378. The number of carbonyl (C=O) groups is 1. The largest absolute Gasteiger partial charge is 0.389 e. The van der Waals surface area contributed by atoms with Crippen LogP contribution in [-0.2, 0) is 4.79 Å². The highest BCUT2D eigenvalue weighted by Gasteiger charge is 2.16. The number of nitrogens with two attached hydrogens (primary N) is 1. The maximum Gasteiger partial charge on any atom is 0.239 e. The van der Waals surface area contributed by atoms with Crippen molar-refractivity contribution in [3.8, 4) is 0 Å². The highest BCUT2D eigenvalue weighted by Crippen LogP contribution is 2.21. The number of anilines is 1. The average Bonchev–Trinajstić information content (AvgIpc) is 2.34. The first kappa shape index (κ1) is 16.4. The van der Waals surface area contributed by atoms with E-state index in [0.29, 0.717) is 17.4 Å². The third kappa shape index (κ3) is 4.16. The van der Waals surface area contributed by atoms with Crippen LogP contribution < -0.4 is 16.0 Å². The molecule has 0 fully saturated rings. The van der Waals surface area contributed by atoms with Crippen molar-refractivity contribution in [3.05, 3.63) is 22.9 Å². The van der Waals surface area contributed by atoms with E-state index in [1.54, 1.807) is 4.90 Å². The quantitative estimate of drug-likeness (QED) is 0.774. The van der Waals surface area contributed by atoms with Gasteiger partial charge in [-0.05, 0) is 31.9 Å². The first-order chi connectivity index (χ1) is 9.36. The molecule has 0 atom stereocenters. The zero-order chi connectivity index (χ0) is 15.3. The Labute approximate surface area is 125 Å². The zero-order valence-corrected chi connectivity index (χ0v) is 13.3. The van der Waals surface area contributed by atoms with Crippen LogP contribution in [0.25, 0.3) is 0 Å². The summed E-state index contributed by atoms with van der Waals surface area (Å²) in [6.45, 7) is 6.77. The Bertz CT molecular complexity index is 516. The summed E-state index contributed by atoms with van der Waals surface area (Å²) < 4.78 is 0. The lowest BCUT2D eigenvalue weighted by Gasteiger charge is -2.22. The average molecular weight is 294 g/mol. The van der Waals surface area contributed by atoms with Crippen molar-refractivity contribution in [3.63, 3.8) is 0 Å². The summed E-state index contributed by atoms with van der Waals surface area (Å²) in [5, 5.41) is 2.84. The summed E-state index contributed by atoms with van der Waals surface area (Å²) in [7, 11) is 1.81. The SMILES string of the molecule is CCCNC(=O)CN(C)c1nc(C)cc(C)c1C(N)=S. The minimum atomic E-state index is -0.0378. The molecule has 20 heavy (non-hydrogen) atoms. The number of pyridine rings is 1. The number of likely N-dealkylation sites (N-methyl/N-ethyl adjacent to an activating group) is 1. The molecule has 1 amide bonds. The number of hydrogen-bond acceptors (Lipinski definition) is 4. The number of rotatable bonds is 6. The molecule has 0 spiro atoms. The Kier molecular flexibility index (Phi) is 5.88. The van der Waals surface area contributed by atoms with Crippen molar-refractivity contribution < 1.29 is 4.79 Å². The number of thiocarbonyl (C=S) groups is 1. The normalized spacial score (nSPS) is 10.2. The fraction of sp³-hybridized carbons (Fsp3) is 0.500. The van der Waals surface area contributed by atoms with E-state index in [0.717, 1.165) is 23.2 Å². The van der Waals surface area contributed by atoms with Crippen LogP contribution in [-0.4, -0.2) is 36.0 Å². The van der Waals surface area contributed by atoms with Crippen molar-refractivity contribution in [1.29, 1.82) is 0 Å². The van der Waals surface area contributed by atoms with Gasteiger partial charge in [-0.1, -0.05) is 19.1 Å². The molecule has 1 aromatic rings. The summed E-state index contributed by atoms with van der Waals surface area (Å²) in [4.78, 5) is 18.3. The molecule has 0 aromatic carbocycles. The summed E-state index contributed by atoms with van der Waals surface area (Å²) in [6, 6.07) is 1.93. The highest BCUT2D eigenvalue weighted by atomic mass is 32.1. The Morgan fingerprint density at radius 1 is 1.50 bits per heavy atom. The van der Waals surface area contributed by atoms with Gasteiger partial charge in [0.1, 0.15) is 10.8 Å². The number of amides is 1. The van der Waals surface area contributed by atoms with E-state index in [1.165, 1.54) is 0 Å². The fourth-order valence-electron chi connectivity index (χ4n) is 2.01. The topological polar surface area (TPSA) is 71.2 Å². The van der Waals surface area contributed by atoms with Crippen molar-refractivity contribution >= 4 is 28.9 Å². The monoisotopic (exact) mass is 294 g/mol. The molecule has 1 aromatic heterocycles.